The van der Waals surface area contributed by atoms with Crippen molar-refractivity contribution in [3.8, 4) is 0 Å². The van der Waals surface area contributed by atoms with E-state index < -0.39 is 36.0 Å². The maximum Gasteiger partial charge on any atom is 0.357 e. The van der Waals surface area contributed by atoms with E-state index in [1.54, 1.807) is 13.8 Å². The first kappa shape index (κ1) is 24.1. The third-order valence-corrected chi connectivity index (χ3v) is 4.23. The van der Waals surface area contributed by atoms with Crippen LogP contribution in [0.3, 0.4) is 0 Å². The van der Waals surface area contributed by atoms with E-state index in [1.165, 1.54) is 44.2 Å². The van der Waals surface area contributed by atoms with Gasteiger partial charge in [0.25, 0.3) is 11.8 Å². The predicted molar refractivity (Wildman–Crippen MR) is 114 cm³/mol. The van der Waals surface area contributed by atoms with Gasteiger partial charge in [-0.1, -0.05) is 16.4 Å². The molecule has 0 aliphatic carbocycles. The molecule has 2 N–H and O–H groups in total. The Labute approximate surface area is 192 Å². The Balaban J connectivity index is 1.57. The molecule has 2 atom stereocenters. The van der Waals surface area contributed by atoms with Crippen molar-refractivity contribution in [2.24, 2.45) is 0 Å². The van der Waals surface area contributed by atoms with E-state index in [1.807, 2.05) is 0 Å². The van der Waals surface area contributed by atoms with Crippen molar-refractivity contribution in [2.45, 2.75) is 39.9 Å². The molecule has 0 aliphatic heterocycles. The highest BCUT2D eigenvalue weighted by Gasteiger charge is 2.24. The zero-order valence-corrected chi connectivity index (χ0v) is 18.6. The van der Waals surface area contributed by atoms with Crippen LogP contribution < -0.4 is 10.6 Å². The van der Waals surface area contributed by atoms with Gasteiger partial charge in [-0.25, -0.2) is 14.6 Å². The summed E-state index contributed by atoms with van der Waals surface area (Å²) in [7, 11) is 0. The van der Waals surface area contributed by atoms with Gasteiger partial charge in [0.15, 0.2) is 23.8 Å². The lowest BCUT2D eigenvalue weighted by Crippen LogP contribution is -2.31. The number of ether oxygens (including phenoxy) is 2. The zero-order chi connectivity index (χ0) is 24.8. The van der Waals surface area contributed by atoms with Crippen molar-refractivity contribution in [1.29, 1.82) is 0 Å². The number of anilines is 2. The first-order valence-corrected chi connectivity index (χ1v) is 9.99. The van der Waals surface area contributed by atoms with Crippen molar-refractivity contribution >= 4 is 35.4 Å². The summed E-state index contributed by atoms with van der Waals surface area (Å²) in [5.74, 6) is -1.84. The Morgan fingerprint density at radius 2 is 1.21 bits per heavy atom. The van der Waals surface area contributed by atoms with E-state index in [9.17, 15) is 19.2 Å². The number of carbonyl (C=O) groups excluding carboxylic acids is 4. The molecule has 2 amide bonds. The second kappa shape index (κ2) is 10.4. The van der Waals surface area contributed by atoms with Crippen molar-refractivity contribution < 1.29 is 37.7 Å². The normalized spacial score (nSPS) is 12.4. The van der Waals surface area contributed by atoms with E-state index in [-0.39, 0.29) is 23.0 Å². The first-order valence-electron chi connectivity index (χ1n) is 9.99. The SMILES string of the molecule is Cc1cc(NC(=O)C(C)OC(=O)c2cccc(C(=O)OC(C)C(=O)Nc3cc(C)on3)n2)no1. The van der Waals surface area contributed by atoms with Gasteiger partial charge in [-0.05, 0) is 39.8 Å². The molecule has 3 heterocycles. The Morgan fingerprint density at radius 3 is 1.56 bits per heavy atom. The minimum absolute atomic E-state index is 0.171. The summed E-state index contributed by atoms with van der Waals surface area (Å²) >= 11 is 0. The van der Waals surface area contributed by atoms with Gasteiger partial charge in [-0.2, -0.15) is 0 Å². The maximum absolute atomic E-state index is 12.4. The Hall–Kier alpha value is -4.55. The second-order valence-electron chi connectivity index (χ2n) is 7.13. The third kappa shape index (κ3) is 6.25. The van der Waals surface area contributed by atoms with Gasteiger partial charge >= 0.3 is 11.9 Å². The fraction of sp³-hybridized carbons (Fsp3) is 0.286. The number of rotatable bonds is 8. The highest BCUT2D eigenvalue weighted by molar-refractivity contribution is 5.98. The summed E-state index contributed by atoms with van der Waals surface area (Å²) in [4.78, 5) is 53.0. The average molecular weight is 471 g/mol. The number of esters is 2. The molecule has 0 spiro atoms. The predicted octanol–water partition coefficient (Wildman–Crippen LogP) is 2.04. The zero-order valence-electron chi connectivity index (χ0n) is 18.6. The summed E-state index contributed by atoms with van der Waals surface area (Å²) < 4.78 is 19.9. The van der Waals surface area contributed by atoms with Gasteiger partial charge in [-0.15, -0.1) is 0 Å². The molecule has 0 aliphatic rings. The number of hydrogen-bond acceptors (Lipinski definition) is 11. The van der Waals surface area contributed by atoms with E-state index >= 15 is 0 Å². The van der Waals surface area contributed by atoms with E-state index in [0.29, 0.717) is 11.5 Å². The molecule has 13 heteroatoms. The van der Waals surface area contributed by atoms with Gasteiger partial charge in [0, 0.05) is 12.1 Å². The molecule has 34 heavy (non-hydrogen) atoms. The molecule has 2 unspecified atom stereocenters. The molecule has 0 saturated heterocycles. The Kier molecular flexibility index (Phi) is 7.36. The van der Waals surface area contributed by atoms with Crippen molar-refractivity contribution in [3.63, 3.8) is 0 Å². The fourth-order valence-corrected chi connectivity index (χ4v) is 2.52. The van der Waals surface area contributed by atoms with Gasteiger partial charge in [0.1, 0.15) is 22.9 Å². The number of nitrogens with one attached hydrogen (secondary N) is 2. The standard InChI is InChI=1S/C21H21N5O8/c1-10-8-16(25-33-10)23-18(27)12(3)31-20(29)14-6-5-7-15(22-14)21(30)32-13(4)19(28)24-17-9-11(2)34-26-17/h5-9,12-13H,1-4H3,(H,23,25,27)(H,24,26,28). The van der Waals surface area contributed by atoms with Gasteiger partial charge in [0.2, 0.25) is 0 Å². The number of pyridine rings is 1. The molecule has 3 rings (SSSR count). The average Bonchev–Trinajstić information content (AvgIpc) is 3.40. The summed E-state index contributed by atoms with van der Waals surface area (Å²) in [5, 5.41) is 12.1. The van der Waals surface area contributed by atoms with Crippen LogP contribution in [-0.4, -0.2) is 51.3 Å². The number of aromatic nitrogens is 3. The molecular formula is C21H21N5O8. The van der Waals surface area contributed by atoms with Crippen LogP contribution in [0.15, 0.2) is 39.4 Å². The molecule has 13 nitrogen and oxygen atoms in total. The van der Waals surface area contributed by atoms with E-state index in [0.717, 1.165) is 0 Å². The quantitative estimate of drug-likeness (QED) is 0.460. The van der Waals surface area contributed by atoms with Crippen LogP contribution >= 0.6 is 0 Å². The molecule has 0 aromatic carbocycles. The van der Waals surface area contributed by atoms with Crippen LogP contribution in [0, 0.1) is 13.8 Å². The van der Waals surface area contributed by atoms with Crippen molar-refractivity contribution in [2.75, 3.05) is 10.6 Å². The molecule has 3 aromatic rings. The Bertz CT molecular complexity index is 1130. The second-order valence-corrected chi connectivity index (χ2v) is 7.13. The van der Waals surface area contributed by atoms with Crippen LogP contribution in [0.1, 0.15) is 46.3 Å². The van der Waals surface area contributed by atoms with E-state index in [4.69, 9.17) is 18.5 Å². The molecule has 178 valence electrons. The first-order chi connectivity index (χ1) is 16.1. The summed E-state index contributed by atoms with van der Waals surface area (Å²) in [6, 6.07) is 6.97. The molecule has 3 aromatic heterocycles. The molecule has 0 radical (unpaired) electrons. The van der Waals surface area contributed by atoms with Gasteiger partial charge < -0.3 is 29.2 Å². The molecule has 0 fully saturated rings. The molecule has 0 bridgehead atoms. The van der Waals surface area contributed by atoms with E-state index in [2.05, 4.69) is 25.9 Å². The fourth-order valence-electron chi connectivity index (χ4n) is 2.52. The number of carbonyl (C=O) groups is 4. The number of amides is 2. The minimum atomic E-state index is -1.19. The minimum Gasteiger partial charge on any atom is -0.448 e. The summed E-state index contributed by atoms with van der Waals surface area (Å²) in [5.41, 5.74) is -0.469. The smallest absolute Gasteiger partial charge is 0.357 e. The largest absolute Gasteiger partial charge is 0.448 e. The maximum atomic E-state index is 12.4. The third-order valence-electron chi connectivity index (χ3n) is 4.23. The van der Waals surface area contributed by atoms with Crippen LogP contribution in [0.2, 0.25) is 0 Å². The highest BCUT2D eigenvalue weighted by atomic mass is 16.6. The highest BCUT2D eigenvalue weighted by Crippen LogP contribution is 2.11. The summed E-state index contributed by atoms with van der Waals surface area (Å²) in [6.07, 6.45) is -2.38. The lowest BCUT2D eigenvalue weighted by atomic mass is 10.3. The van der Waals surface area contributed by atoms with Gasteiger partial charge in [0.05, 0.1) is 0 Å². The summed E-state index contributed by atoms with van der Waals surface area (Å²) in [6.45, 7) is 6.02. The van der Waals surface area contributed by atoms with Crippen LogP contribution in [0.25, 0.3) is 0 Å². The molecular weight excluding hydrogens is 450 g/mol. The van der Waals surface area contributed by atoms with Crippen LogP contribution in [0.4, 0.5) is 11.6 Å². The van der Waals surface area contributed by atoms with Crippen molar-refractivity contribution in [1.82, 2.24) is 15.3 Å². The Morgan fingerprint density at radius 1 is 0.794 bits per heavy atom. The lowest BCUT2D eigenvalue weighted by Gasteiger charge is -2.13. The monoisotopic (exact) mass is 471 g/mol. The van der Waals surface area contributed by atoms with Crippen LogP contribution in [-0.2, 0) is 19.1 Å². The number of nitrogens with zero attached hydrogens (tertiary/aromatic N) is 3. The number of aryl methyl sites for hydroxylation is 2. The lowest BCUT2D eigenvalue weighted by molar-refractivity contribution is -0.124. The molecule has 0 saturated carbocycles. The topological polar surface area (TPSA) is 176 Å². The van der Waals surface area contributed by atoms with Crippen molar-refractivity contribution in [3.05, 3.63) is 53.2 Å². The van der Waals surface area contributed by atoms with Crippen LogP contribution in [0.5, 0.6) is 0 Å². The van der Waals surface area contributed by atoms with Gasteiger partial charge in [-0.3, -0.25) is 9.59 Å². The number of hydrogen-bond donors (Lipinski definition) is 2.